The summed E-state index contributed by atoms with van der Waals surface area (Å²) in [5.41, 5.74) is 2.82. The third-order valence-corrected chi connectivity index (χ3v) is 5.31. The largest absolute Gasteiger partial charge is 0.462 e. The molecule has 0 saturated carbocycles. The average Bonchev–Trinajstić information content (AvgIpc) is 2.89. The summed E-state index contributed by atoms with van der Waals surface area (Å²) in [6.07, 6.45) is 1.53. The lowest BCUT2D eigenvalue weighted by Crippen LogP contribution is -2.14. The highest BCUT2D eigenvalue weighted by molar-refractivity contribution is 6.06. The lowest BCUT2D eigenvalue weighted by Gasteiger charge is -2.09. The standard InChI is InChI=1S/C28H28N2O6/c1-19(31)20-5-7-21(8-6-20)26(32)29-24-13-15-25(16-14-24)30-27(33)22-9-11-23(12-10-22)28(34)36-18-4-3-17-35-2/h5-16H,3-4,17-18H2,1-2H3,(H,29,32)(H,30,33). The van der Waals surface area contributed by atoms with Crippen molar-refractivity contribution >= 4 is 34.9 Å². The van der Waals surface area contributed by atoms with Gasteiger partial charge in [0, 0.05) is 41.8 Å². The number of ether oxygens (including phenoxy) is 2. The van der Waals surface area contributed by atoms with Crippen molar-refractivity contribution in [3.8, 4) is 0 Å². The van der Waals surface area contributed by atoms with Crippen LogP contribution in [0.4, 0.5) is 11.4 Å². The van der Waals surface area contributed by atoms with E-state index in [4.69, 9.17) is 9.47 Å². The number of methoxy groups -OCH3 is 1. The number of hydrogen-bond acceptors (Lipinski definition) is 6. The maximum atomic E-state index is 12.6. The minimum atomic E-state index is -0.438. The first-order valence-corrected chi connectivity index (χ1v) is 11.5. The molecule has 0 spiro atoms. The van der Waals surface area contributed by atoms with Crippen LogP contribution >= 0.6 is 0 Å². The highest BCUT2D eigenvalue weighted by Gasteiger charge is 2.11. The summed E-state index contributed by atoms with van der Waals surface area (Å²) in [5, 5.41) is 5.55. The van der Waals surface area contributed by atoms with Gasteiger partial charge in [0.25, 0.3) is 11.8 Å². The molecule has 8 heteroatoms. The monoisotopic (exact) mass is 488 g/mol. The van der Waals surface area contributed by atoms with Crippen molar-refractivity contribution in [1.82, 2.24) is 0 Å². The van der Waals surface area contributed by atoms with E-state index in [9.17, 15) is 19.2 Å². The van der Waals surface area contributed by atoms with Crippen molar-refractivity contribution < 1.29 is 28.7 Å². The molecule has 0 aliphatic carbocycles. The molecule has 0 bridgehead atoms. The van der Waals surface area contributed by atoms with Crippen molar-refractivity contribution in [2.75, 3.05) is 31.0 Å². The van der Waals surface area contributed by atoms with Crippen LogP contribution in [0.5, 0.6) is 0 Å². The third-order valence-electron chi connectivity index (χ3n) is 5.31. The van der Waals surface area contributed by atoms with Crippen LogP contribution in [-0.2, 0) is 9.47 Å². The first-order valence-electron chi connectivity index (χ1n) is 11.5. The summed E-state index contributed by atoms with van der Waals surface area (Å²) in [5.74, 6) is -1.15. The van der Waals surface area contributed by atoms with Gasteiger partial charge in [-0.2, -0.15) is 0 Å². The highest BCUT2D eigenvalue weighted by atomic mass is 16.5. The molecule has 0 aliphatic rings. The predicted molar refractivity (Wildman–Crippen MR) is 137 cm³/mol. The van der Waals surface area contributed by atoms with Crippen LogP contribution in [0.2, 0.25) is 0 Å². The van der Waals surface area contributed by atoms with Gasteiger partial charge in [-0.15, -0.1) is 0 Å². The predicted octanol–water partition coefficient (Wildman–Crippen LogP) is 4.98. The lowest BCUT2D eigenvalue weighted by atomic mass is 10.1. The zero-order valence-electron chi connectivity index (χ0n) is 20.2. The van der Waals surface area contributed by atoms with Crippen LogP contribution in [0, 0.1) is 0 Å². The van der Waals surface area contributed by atoms with E-state index in [2.05, 4.69) is 10.6 Å². The topological polar surface area (TPSA) is 111 Å². The molecule has 0 unspecified atom stereocenters. The fraction of sp³-hybridized carbons (Fsp3) is 0.214. The minimum absolute atomic E-state index is 0.0672. The molecule has 8 nitrogen and oxygen atoms in total. The molecule has 2 amide bonds. The zero-order valence-corrected chi connectivity index (χ0v) is 20.2. The van der Waals surface area contributed by atoms with E-state index in [0.29, 0.717) is 46.8 Å². The van der Waals surface area contributed by atoms with Crippen LogP contribution in [0.1, 0.15) is 61.2 Å². The Morgan fingerprint density at radius 3 is 1.47 bits per heavy atom. The first-order chi connectivity index (χ1) is 17.4. The Hall–Kier alpha value is -4.30. The Labute approximate surface area is 209 Å². The molecule has 186 valence electrons. The van der Waals surface area contributed by atoms with E-state index in [1.165, 1.54) is 6.92 Å². The SMILES string of the molecule is COCCCCOC(=O)c1ccc(C(=O)Nc2ccc(NC(=O)c3ccc(C(C)=O)cc3)cc2)cc1. The lowest BCUT2D eigenvalue weighted by molar-refractivity contribution is 0.0488. The summed E-state index contributed by atoms with van der Waals surface area (Å²) in [7, 11) is 1.62. The van der Waals surface area contributed by atoms with Gasteiger partial charge in [0.2, 0.25) is 0 Å². The third kappa shape index (κ3) is 7.61. The van der Waals surface area contributed by atoms with E-state index in [1.54, 1.807) is 79.9 Å². The molecule has 36 heavy (non-hydrogen) atoms. The second-order valence-corrected chi connectivity index (χ2v) is 8.03. The summed E-state index contributed by atoms with van der Waals surface area (Å²) in [6.45, 7) is 2.40. The fourth-order valence-corrected chi connectivity index (χ4v) is 3.25. The van der Waals surface area contributed by atoms with Crippen LogP contribution in [0.3, 0.4) is 0 Å². The molecule has 0 aromatic heterocycles. The number of anilines is 2. The number of Topliss-reactive ketones (excluding diaryl/α,β-unsaturated/α-hetero) is 1. The molecule has 0 radical (unpaired) electrons. The smallest absolute Gasteiger partial charge is 0.338 e. The molecule has 0 heterocycles. The summed E-state index contributed by atoms with van der Waals surface area (Å²) < 4.78 is 10.2. The summed E-state index contributed by atoms with van der Waals surface area (Å²) in [6, 6.07) is 19.3. The maximum absolute atomic E-state index is 12.6. The Balaban J connectivity index is 1.51. The number of carbonyl (C=O) groups is 4. The summed E-state index contributed by atoms with van der Waals surface area (Å²) in [4.78, 5) is 48.4. The highest BCUT2D eigenvalue weighted by Crippen LogP contribution is 2.17. The van der Waals surface area contributed by atoms with E-state index in [1.807, 2.05) is 0 Å². The number of carbonyl (C=O) groups excluding carboxylic acids is 4. The first kappa shape index (κ1) is 26.3. The average molecular weight is 489 g/mol. The van der Waals surface area contributed by atoms with Crippen LogP contribution < -0.4 is 10.6 Å². The molecular formula is C28H28N2O6. The molecule has 0 saturated heterocycles. The van der Waals surface area contributed by atoms with E-state index >= 15 is 0 Å². The number of unbranched alkanes of at least 4 members (excludes halogenated alkanes) is 1. The van der Waals surface area contributed by atoms with E-state index in [-0.39, 0.29) is 17.6 Å². The van der Waals surface area contributed by atoms with Gasteiger partial charge in [-0.1, -0.05) is 12.1 Å². The van der Waals surface area contributed by atoms with Crippen molar-refractivity contribution in [2.24, 2.45) is 0 Å². The number of nitrogens with one attached hydrogen (secondary N) is 2. The number of hydrogen-bond donors (Lipinski definition) is 2. The van der Waals surface area contributed by atoms with Gasteiger partial charge in [-0.3, -0.25) is 14.4 Å². The molecule has 0 fully saturated rings. The minimum Gasteiger partial charge on any atom is -0.462 e. The van der Waals surface area contributed by atoms with E-state index < -0.39 is 5.97 Å². The van der Waals surface area contributed by atoms with Gasteiger partial charge in [0.1, 0.15) is 0 Å². The zero-order chi connectivity index (χ0) is 25.9. The van der Waals surface area contributed by atoms with Crippen LogP contribution in [-0.4, -0.2) is 43.9 Å². The van der Waals surface area contributed by atoms with Gasteiger partial charge >= 0.3 is 5.97 Å². The Kier molecular flexibility index (Phi) is 9.48. The number of amides is 2. The molecule has 2 N–H and O–H groups in total. The van der Waals surface area contributed by atoms with Crippen molar-refractivity contribution in [1.29, 1.82) is 0 Å². The number of rotatable bonds is 11. The van der Waals surface area contributed by atoms with Gasteiger partial charge in [-0.05, 0) is 80.4 Å². The molecule has 3 aromatic carbocycles. The molecule has 0 aliphatic heterocycles. The van der Waals surface area contributed by atoms with E-state index in [0.717, 1.165) is 12.8 Å². The molecular weight excluding hydrogens is 460 g/mol. The Morgan fingerprint density at radius 2 is 1.03 bits per heavy atom. The Morgan fingerprint density at radius 1 is 0.611 bits per heavy atom. The van der Waals surface area contributed by atoms with Gasteiger partial charge in [-0.25, -0.2) is 4.79 Å². The maximum Gasteiger partial charge on any atom is 0.338 e. The Bertz CT molecular complexity index is 1200. The normalized spacial score (nSPS) is 10.4. The molecule has 0 atom stereocenters. The van der Waals surface area contributed by atoms with Gasteiger partial charge in [0.15, 0.2) is 5.78 Å². The van der Waals surface area contributed by atoms with Gasteiger partial charge < -0.3 is 20.1 Å². The fourth-order valence-electron chi connectivity index (χ4n) is 3.25. The van der Waals surface area contributed by atoms with Crippen molar-refractivity contribution in [3.05, 3.63) is 95.1 Å². The second-order valence-electron chi connectivity index (χ2n) is 8.03. The van der Waals surface area contributed by atoms with Crippen molar-refractivity contribution in [3.63, 3.8) is 0 Å². The molecule has 3 rings (SSSR count). The second kappa shape index (κ2) is 13.0. The number of esters is 1. The summed E-state index contributed by atoms with van der Waals surface area (Å²) >= 11 is 0. The van der Waals surface area contributed by atoms with Crippen LogP contribution in [0.15, 0.2) is 72.8 Å². The quantitative estimate of drug-likeness (QED) is 0.224. The van der Waals surface area contributed by atoms with Crippen LogP contribution in [0.25, 0.3) is 0 Å². The number of benzene rings is 3. The van der Waals surface area contributed by atoms with Gasteiger partial charge in [0.05, 0.1) is 12.2 Å². The van der Waals surface area contributed by atoms with Crippen molar-refractivity contribution in [2.45, 2.75) is 19.8 Å². The molecule has 3 aromatic rings. The number of ketones is 1.